The van der Waals surface area contributed by atoms with E-state index in [0.29, 0.717) is 25.3 Å². The van der Waals surface area contributed by atoms with Gasteiger partial charge in [-0.05, 0) is 57.0 Å². The van der Waals surface area contributed by atoms with Gasteiger partial charge in [-0.2, -0.15) is 4.31 Å². The standard InChI is InChI=1S/C19H29N3O3S/c23-19(16-21-11-4-2-1-3-5-12-21)20-17-9-8-10-18(15-17)26(24,25)22-13-6-7-14-22/h8-10,15H,1-7,11-14,16H2,(H,20,23). The molecule has 0 unspecified atom stereocenters. The lowest BCUT2D eigenvalue weighted by molar-refractivity contribution is -0.117. The molecule has 2 aliphatic rings. The minimum absolute atomic E-state index is 0.0821. The lowest BCUT2D eigenvalue weighted by Gasteiger charge is -2.23. The molecule has 2 heterocycles. The van der Waals surface area contributed by atoms with Crippen molar-refractivity contribution in [2.75, 3.05) is 38.0 Å². The van der Waals surface area contributed by atoms with E-state index in [2.05, 4.69) is 10.2 Å². The molecule has 0 saturated carbocycles. The van der Waals surface area contributed by atoms with Gasteiger partial charge >= 0.3 is 0 Å². The Hall–Kier alpha value is -1.44. The van der Waals surface area contributed by atoms with Crippen LogP contribution in [0, 0.1) is 0 Å². The Morgan fingerprint density at radius 3 is 2.23 bits per heavy atom. The molecule has 1 aromatic carbocycles. The van der Waals surface area contributed by atoms with Gasteiger partial charge in [-0.1, -0.05) is 25.3 Å². The van der Waals surface area contributed by atoms with Crippen LogP contribution in [0.5, 0.6) is 0 Å². The first-order valence-corrected chi connectivity index (χ1v) is 11.1. The minimum atomic E-state index is -3.46. The first kappa shape index (κ1) is 19.3. The van der Waals surface area contributed by atoms with E-state index in [9.17, 15) is 13.2 Å². The summed E-state index contributed by atoms with van der Waals surface area (Å²) in [6.07, 6.45) is 7.84. The van der Waals surface area contributed by atoms with Crippen molar-refractivity contribution in [1.82, 2.24) is 9.21 Å². The van der Waals surface area contributed by atoms with Crippen molar-refractivity contribution in [3.05, 3.63) is 24.3 Å². The summed E-state index contributed by atoms with van der Waals surface area (Å²) in [6, 6.07) is 6.60. The number of rotatable bonds is 5. The topological polar surface area (TPSA) is 69.7 Å². The maximum Gasteiger partial charge on any atom is 0.243 e. The lowest BCUT2D eigenvalue weighted by Crippen LogP contribution is -2.35. The number of sulfonamides is 1. The van der Waals surface area contributed by atoms with Crippen LogP contribution in [0.2, 0.25) is 0 Å². The van der Waals surface area contributed by atoms with Crippen LogP contribution in [0.15, 0.2) is 29.2 Å². The number of nitrogens with zero attached hydrogens (tertiary/aromatic N) is 2. The van der Waals surface area contributed by atoms with Crippen molar-refractivity contribution < 1.29 is 13.2 Å². The van der Waals surface area contributed by atoms with Gasteiger partial charge in [-0.15, -0.1) is 0 Å². The summed E-state index contributed by atoms with van der Waals surface area (Å²) in [5.74, 6) is -0.0821. The summed E-state index contributed by atoms with van der Waals surface area (Å²) >= 11 is 0. The van der Waals surface area contributed by atoms with Crippen LogP contribution in [0.1, 0.15) is 44.9 Å². The maximum absolute atomic E-state index is 12.7. The fourth-order valence-corrected chi connectivity index (χ4v) is 5.25. The van der Waals surface area contributed by atoms with E-state index in [-0.39, 0.29) is 10.8 Å². The normalized spacial score (nSPS) is 20.5. The van der Waals surface area contributed by atoms with E-state index in [1.54, 1.807) is 24.3 Å². The van der Waals surface area contributed by atoms with Gasteiger partial charge in [0.25, 0.3) is 0 Å². The average molecular weight is 380 g/mol. The molecule has 2 aliphatic heterocycles. The molecule has 0 bridgehead atoms. The van der Waals surface area contributed by atoms with Gasteiger partial charge < -0.3 is 5.32 Å². The minimum Gasteiger partial charge on any atom is -0.325 e. The average Bonchev–Trinajstić information content (AvgIpc) is 3.13. The summed E-state index contributed by atoms with van der Waals surface area (Å²) in [5.41, 5.74) is 0.544. The number of carbonyl (C=O) groups is 1. The quantitative estimate of drug-likeness (QED) is 0.854. The number of nitrogens with one attached hydrogen (secondary N) is 1. The first-order chi connectivity index (χ1) is 12.6. The molecule has 1 N–H and O–H groups in total. The van der Waals surface area contributed by atoms with Crippen LogP contribution < -0.4 is 5.32 Å². The number of likely N-dealkylation sites (tertiary alicyclic amines) is 1. The van der Waals surface area contributed by atoms with Crippen molar-refractivity contribution in [2.45, 2.75) is 49.8 Å². The van der Waals surface area contributed by atoms with Crippen LogP contribution >= 0.6 is 0 Å². The smallest absolute Gasteiger partial charge is 0.243 e. The van der Waals surface area contributed by atoms with E-state index >= 15 is 0 Å². The zero-order chi connectivity index (χ0) is 18.4. The molecule has 26 heavy (non-hydrogen) atoms. The van der Waals surface area contributed by atoms with Gasteiger partial charge in [0.2, 0.25) is 15.9 Å². The molecular formula is C19H29N3O3S. The van der Waals surface area contributed by atoms with Gasteiger partial charge in [-0.3, -0.25) is 9.69 Å². The molecule has 2 saturated heterocycles. The van der Waals surface area contributed by atoms with Crippen molar-refractivity contribution in [2.24, 2.45) is 0 Å². The highest BCUT2D eigenvalue weighted by Gasteiger charge is 2.27. The molecule has 6 nitrogen and oxygen atoms in total. The molecule has 1 aromatic rings. The van der Waals surface area contributed by atoms with E-state index < -0.39 is 10.0 Å². The second kappa shape index (κ2) is 8.97. The van der Waals surface area contributed by atoms with Gasteiger partial charge in [0.15, 0.2) is 0 Å². The summed E-state index contributed by atoms with van der Waals surface area (Å²) in [5, 5.41) is 2.86. The van der Waals surface area contributed by atoms with Gasteiger partial charge in [0, 0.05) is 18.8 Å². The van der Waals surface area contributed by atoms with Crippen LogP contribution in [0.4, 0.5) is 5.69 Å². The number of benzene rings is 1. The number of amides is 1. The highest BCUT2D eigenvalue weighted by molar-refractivity contribution is 7.89. The molecule has 0 radical (unpaired) electrons. The fourth-order valence-electron chi connectivity index (χ4n) is 3.69. The summed E-state index contributed by atoms with van der Waals surface area (Å²) in [7, 11) is -3.46. The summed E-state index contributed by atoms with van der Waals surface area (Å²) < 4.78 is 26.9. The Morgan fingerprint density at radius 1 is 0.923 bits per heavy atom. The van der Waals surface area contributed by atoms with E-state index in [0.717, 1.165) is 38.8 Å². The van der Waals surface area contributed by atoms with E-state index in [1.165, 1.54) is 23.6 Å². The van der Waals surface area contributed by atoms with Crippen molar-refractivity contribution in [1.29, 1.82) is 0 Å². The molecule has 2 fully saturated rings. The molecule has 3 rings (SSSR count). The van der Waals surface area contributed by atoms with Gasteiger partial charge in [0.1, 0.15) is 0 Å². The van der Waals surface area contributed by atoms with Crippen molar-refractivity contribution >= 4 is 21.6 Å². The second-order valence-electron chi connectivity index (χ2n) is 7.23. The zero-order valence-corrected chi connectivity index (χ0v) is 16.1. The highest BCUT2D eigenvalue weighted by Crippen LogP contribution is 2.23. The number of carbonyl (C=O) groups excluding carboxylic acids is 1. The number of hydrogen-bond acceptors (Lipinski definition) is 4. The molecular weight excluding hydrogens is 350 g/mol. The van der Waals surface area contributed by atoms with Gasteiger partial charge in [0.05, 0.1) is 11.4 Å². The molecule has 0 aliphatic carbocycles. The van der Waals surface area contributed by atoms with Gasteiger partial charge in [-0.25, -0.2) is 8.42 Å². The van der Waals surface area contributed by atoms with Crippen molar-refractivity contribution in [3.8, 4) is 0 Å². The molecule has 0 spiro atoms. The Bertz CT molecular complexity index is 706. The SMILES string of the molecule is O=C(CN1CCCCCCC1)Nc1cccc(S(=O)(=O)N2CCCC2)c1. The first-order valence-electron chi connectivity index (χ1n) is 9.68. The maximum atomic E-state index is 12.7. The molecule has 1 amide bonds. The Balaban J connectivity index is 1.61. The lowest BCUT2D eigenvalue weighted by atomic mass is 10.1. The number of hydrogen-bond donors (Lipinski definition) is 1. The summed E-state index contributed by atoms with van der Waals surface area (Å²) in [4.78, 5) is 14.8. The Kier molecular flexibility index (Phi) is 6.67. The van der Waals surface area contributed by atoms with Crippen molar-refractivity contribution in [3.63, 3.8) is 0 Å². The highest BCUT2D eigenvalue weighted by atomic mass is 32.2. The molecule has 0 aromatic heterocycles. The Morgan fingerprint density at radius 2 is 1.54 bits per heavy atom. The third-order valence-electron chi connectivity index (χ3n) is 5.14. The summed E-state index contributed by atoms with van der Waals surface area (Å²) in [6.45, 7) is 3.43. The second-order valence-corrected chi connectivity index (χ2v) is 9.17. The molecule has 7 heteroatoms. The van der Waals surface area contributed by atoms with Crippen LogP contribution in [0.3, 0.4) is 0 Å². The Labute approximate surface area is 156 Å². The third-order valence-corrected chi connectivity index (χ3v) is 7.03. The van der Waals surface area contributed by atoms with Crippen LogP contribution in [-0.4, -0.2) is 56.3 Å². The third kappa shape index (κ3) is 5.05. The largest absolute Gasteiger partial charge is 0.325 e. The molecule has 144 valence electrons. The predicted molar refractivity (Wildman–Crippen MR) is 103 cm³/mol. The number of anilines is 1. The predicted octanol–water partition coefficient (Wildman–Crippen LogP) is 2.68. The van der Waals surface area contributed by atoms with E-state index in [4.69, 9.17) is 0 Å². The van der Waals surface area contributed by atoms with Crippen LogP contribution in [-0.2, 0) is 14.8 Å². The van der Waals surface area contributed by atoms with E-state index in [1.807, 2.05) is 0 Å². The fraction of sp³-hybridized carbons (Fsp3) is 0.632. The zero-order valence-electron chi connectivity index (χ0n) is 15.3. The van der Waals surface area contributed by atoms with Crippen LogP contribution in [0.25, 0.3) is 0 Å². The molecule has 0 atom stereocenters. The monoisotopic (exact) mass is 379 g/mol.